The Morgan fingerprint density at radius 2 is 2.33 bits per heavy atom. The zero-order valence-electron chi connectivity index (χ0n) is 10.00. The van der Waals surface area contributed by atoms with Crippen molar-refractivity contribution in [3.63, 3.8) is 0 Å². The van der Waals surface area contributed by atoms with Gasteiger partial charge in [0.05, 0.1) is 18.2 Å². The van der Waals surface area contributed by atoms with E-state index < -0.39 is 0 Å². The Morgan fingerprint density at radius 1 is 1.39 bits per heavy atom. The Hall–Kier alpha value is -2.37. The fourth-order valence-corrected chi connectivity index (χ4v) is 1.88. The smallest absolute Gasteiger partial charge is 0.152 e. The highest BCUT2D eigenvalue weighted by molar-refractivity contribution is 5.87. The molecule has 6 heteroatoms. The van der Waals surface area contributed by atoms with Crippen LogP contribution in [0.15, 0.2) is 35.3 Å². The van der Waals surface area contributed by atoms with Crippen LogP contribution < -0.4 is 5.32 Å². The van der Waals surface area contributed by atoms with Gasteiger partial charge in [-0.2, -0.15) is 0 Å². The SMILES string of the molecule is CCn1cnnc1CNc1nccc2occc12. The summed E-state index contributed by atoms with van der Waals surface area (Å²) in [5, 5.41) is 12.2. The van der Waals surface area contributed by atoms with Gasteiger partial charge in [0.15, 0.2) is 5.82 Å². The maximum absolute atomic E-state index is 5.33. The predicted molar refractivity (Wildman–Crippen MR) is 67.0 cm³/mol. The minimum atomic E-state index is 0.588. The molecule has 0 unspecified atom stereocenters. The predicted octanol–water partition coefficient (Wildman–Crippen LogP) is 2.05. The van der Waals surface area contributed by atoms with Crippen molar-refractivity contribution in [2.75, 3.05) is 5.32 Å². The molecule has 0 aliphatic carbocycles. The van der Waals surface area contributed by atoms with E-state index in [2.05, 4.69) is 27.4 Å². The molecule has 0 spiro atoms. The number of hydrogen-bond donors (Lipinski definition) is 1. The van der Waals surface area contributed by atoms with Gasteiger partial charge in [0.1, 0.15) is 17.7 Å². The minimum absolute atomic E-state index is 0.588. The molecule has 0 saturated heterocycles. The monoisotopic (exact) mass is 243 g/mol. The normalized spacial score (nSPS) is 10.9. The van der Waals surface area contributed by atoms with E-state index in [1.54, 1.807) is 18.8 Å². The molecule has 0 aliphatic heterocycles. The number of hydrogen-bond acceptors (Lipinski definition) is 5. The highest BCUT2D eigenvalue weighted by Crippen LogP contribution is 2.21. The topological polar surface area (TPSA) is 68.8 Å². The van der Waals surface area contributed by atoms with Crippen LogP contribution in [0, 0.1) is 0 Å². The van der Waals surface area contributed by atoms with Crippen molar-refractivity contribution >= 4 is 16.8 Å². The molecular formula is C12H13N5O. The lowest BCUT2D eigenvalue weighted by molar-refractivity contribution is 0.615. The van der Waals surface area contributed by atoms with Crippen LogP contribution in [0.1, 0.15) is 12.7 Å². The van der Waals surface area contributed by atoms with Crippen molar-refractivity contribution in [3.8, 4) is 0 Å². The van der Waals surface area contributed by atoms with Gasteiger partial charge in [-0.15, -0.1) is 10.2 Å². The molecule has 0 amide bonds. The Bertz CT molecular complexity index is 657. The van der Waals surface area contributed by atoms with E-state index >= 15 is 0 Å². The van der Waals surface area contributed by atoms with Crippen molar-refractivity contribution in [2.24, 2.45) is 0 Å². The van der Waals surface area contributed by atoms with Crippen LogP contribution in [0.25, 0.3) is 11.0 Å². The van der Waals surface area contributed by atoms with Crippen LogP contribution in [0.5, 0.6) is 0 Å². The molecule has 0 radical (unpaired) electrons. The second kappa shape index (κ2) is 4.48. The van der Waals surface area contributed by atoms with E-state index in [1.807, 2.05) is 16.7 Å². The molecular weight excluding hydrogens is 230 g/mol. The third-order valence-electron chi connectivity index (χ3n) is 2.83. The highest BCUT2D eigenvalue weighted by atomic mass is 16.3. The van der Waals surface area contributed by atoms with Crippen LogP contribution in [-0.2, 0) is 13.1 Å². The first-order valence-corrected chi connectivity index (χ1v) is 5.81. The van der Waals surface area contributed by atoms with E-state index in [1.165, 1.54) is 0 Å². The number of rotatable bonds is 4. The second-order valence-electron chi connectivity index (χ2n) is 3.88. The third kappa shape index (κ3) is 1.81. The van der Waals surface area contributed by atoms with Crippen molar-refractivity contribution in [1.82, 2.24) is 19.7 Å². The Balaban J connectivity index is 1.83. The molecule has 3 aromatic rings. The minimum Gasteiger partial charge on any atom is -0.464 e. The molecule has 18 heavy (non-hydrogen) atoms. The van der Waals surface area contributed by atoms with Crippen LogP contribution in [0.3, 0.4) is 0 Å². The quantitative estimate of drug-likeness (QED) is 0.759. The van der Waals surface area contributed by atoms with Crippen molar-refractivity contribution in [2.45, 2.75) is 20.0 Å². The number of aryl methyl sites for hydroxylation is 1. The van der Waals surface area contributed by atoms with Gasteiger partial charge in [-0.3, -0.25) is 0 Å². The highest BCUT2D eigenvalue weighted by Gasteiger charge is 2.06. The van der Waals surface area contributed by atoms with E-state index in [0.29, 0.717) is 6.54 Å². The van der Waals surface area contributed by atoms with E-state index in [-0.39, 0.29) is 0 Å². The molecule has 0 bridgehead atoms. The van der Waals surface area contributed by atoms with Gasteiger partial charge in [-0.25, -0.2) is 4.98 Å². The number of pyridine rings is 1. The summed E-state index contributed by atoms with van der Waals surface area (Å²) in [6.45, 7) is 3.50. The van der Waals surface area contributed by atoms with Crippen molar-refractivity contribution in [3.05, 3.63) is 36.7 Å². The molecule has 6 nitrogen and oxygen atoms in total. The largest absolute Gasteiger partial charge is 0.464 e. The summed E-state index contributed by atoms with van der Waals surface area (Å²) in [7, 11) is 0. The van der Waals surface area contributed by atoms with Gasteiger partial charge in [0, 0.05) is 12.7 Å². The standard InChI is InChI=1S/C12H13N5O/c1-2-17-8-15-16-11(17)7-14-12-9-4-6-18-10(9)3-5-13-12/h3-6,8H,2,7H2,1H3,(H,13,14). The molecule has 0 atom stereocenters. The molecule has 1 N–H and O–H groups in total. The summed E-state index contributed by atoms with van der Waals surface area (Å²) in [4.78, 5) is 4.31. The van der Waals surface area contributed by atoms with Crippen LogP contribution in [0.2, 0.25) is 0 Å². The second-order valence-corrected chi connectivity index (χ2v) is 3.88. The summed E-state index contributed by atoms with van der Waals surface area (Å²) in [6, 6.07) is 3.74. The molecule has 3 aromatic heterocycles. The van der Waals surface area contributed by atoms with Gasteiger partial charge in [-0.1, -0.05) is 0 Å². The third-order valence-corrected chi connectivity index (χ3v) is 2.83. The fraction of sp³-hybridized carbons (Fsp3) is 0.250. The maximum atomic E-state index is 5.33. The number of fused-ring (bicyclic) bond motifs is 1. The van der Waals surface area contributed by atoms with Gasteiger partial charge >= 0.3 is 0 Å². The van der Waals surface area contributed by atoms with E-state index in [0.717, 1.165) is 29.2 Å². The lowest BCUT2D eigenvalue weighted by atomic mass is 10.3. The lowest BCUT2D eigenvalue weighted by Crippen LogP contribution is -2.08. The summed E-state index contributed by atoms with van der Waals surface area (Å²) < 4.78 is 7.32. The fourth-order valence-electron chi connectivity index (χ4n) is 1.88. The lowest BCUT2D eigenvalue weighted by Gasteiger charge is -2.06. The molecule has 0 aromatic carbocycles. The summed E-state index contributed by atoms with van der Waals surface area (Å²) >= 11 is 0. The van der Waals surface area contributed by atoms with Crippen LogP contribution >= 0.6 is 0 Å². The first-order chi connectivity index (χ1) is 8.88. The summed E-state index contributed by atoms with van der Waals surface area (Å²) in [6.07, 6.45) is 5.10. The molecule has 3 heterocycles. The van der Waals surface area contributed by atoms with Gasteiger partial charge in [0.2, 0.25) is 0 Å². The first-order valence-electron chi connectivity index (χ1n) is 5.81. The van der Waals surface area contributed by atoms with E-state index in [9.17, 15) is 0 Å². The zero-order chi connectivity index (χ0) is 12.4. The number of anilines is 1. The molecule has 92 valence electrons. The zero-order valence-corrected chi connectivity index (χ0v) is 10.00. The first kappa shape index (κ1) is 10.8. The van der Waals surface area contributed by atoms with Crippen molar-refractivity contribution in [1.29, 1.82) is 0 Å². The van der Waals surface area contributed by atoms with Gasteiger partial charge in [0.25, 0.3) is 0 Å². The Morgan fingerprint density at radius 3 is 3.22 bits per heavy atom. The molecule has 3 rings (SSSR count). The maximum Gasteiger partial charge on any atom is 0.152 e. The molecule has 0 fully saturated rings. The van der Waals surface area contributed by atoms with E-state index in [4.69, 9.17) is 4.42 Å². The number of aromatic nitrogens is 4. The Labute approximate surface area is 104 Å². The average Bonchev–Trinajstić information content (AvgIpc) is 3.04. The van der Waals surface area contributed by atoms with Crippen LogP contribution in [0.4, 0.5) is 5.82 Å². The average molecular weight is 243 g/mol. The number of nitrogens with one attached hydrogen (secondary N) is 1. The number of furan rings is 1. The van der Waals surface area contributed by atoms with Crippen LogP contribution in [-0.4, -0.2) is 19.7 Å². The Kier molecular flexibility index (Phi) is 2.68. The number of nitrogens with zero attached hydrogens (tertiary/aromatic N) is 4. The van der Waals surface area contributed by atoms with Gasteiger partial charge in [-0.05, 0) is 19.1 Å². The van der Waals surface area contributed by atoms with Crippen molar-refractivity contribution < 1.29 is 4.42 Å². The molecule has 0 saturated carbocycles. The summed E-state index contributed by atoms with van der Waals surface area (Å²) in [5.41, 5.74) is 0.824. The molecule has 0 aliphatic rings. The van der Waals surface area contributed by atoms with Gasteiger partial charge < -0.3 is 14.3 Å². The summed E-state index contributed by atoms with van der Waals surface area (Å²) in [5.74, 6) is 1.69.